The Morgan fingerprint density at radius 1 is 1.00 bits per heavy atom. The first-order valence-electron chi connectivity index (χ1n) is 6.11. The SMILES string of the molecule is O=Cc1ccc(C2C=C(c3ccccc3)NO2)cc1. The minimum absolute atomic E-state index is 0.129. The highest BCUT2D eigenvalue weighted by Crippen LogP contribution is 2.28. The summed E-state index contributed by atoms with van der Waals surface area (Å²) in [6.07, 6.45) is 2.74. The van der Waals surface area contributed by atoms with Crippen molar-refractivity contribution in [2.45, 2.75) is 6.10 Å². The molecule has 0 saturated heterocycles. The molecular formula is C16H13NO2. The maximum atomic E-state index is 10.6. The Morgan fingerprint density at radius 2 is 1.74 bits per heavy atom. The molecule has 3 nitrogen and oxygen atoms in total. The number of hydrogen-bond donors (Lipinski definition) is 1. The molecule has 2 aromatic carbocycles. The number of aldehydes is 1. The fourth-order valence-corrected chi connectivity index (χ4v) is 2.05. The molecule has 19 heavy (non-hydrogen) atoms. The van der Waals surface area contributed by atoms with Gasteiger partial charge >= 0.3 is 0 Å². The molecule has 2 aromatic rings. The minimum Gasteiger partial charge on any atom is -0.298 e. The molecule has 1 N–H and O–H groups in total. The fraction of sp³-hybridized carbons (Fsp3) is 0.0625. The Kier molecular flexibility index (Phi) is 3.12. The third kappa shape index (κ3) is 2.41. The summed E-state index contributed by atoms with van der Waals surface area (Å²) in [5.74, 6) is 0. The van der Waals surface area contributed by atoms with Crippen LogP contribution >= 0.6 is 0 Å². The molecule has 0 radical (unpaired) electrons. The van der Waals surface area contributed by atoms with Crippen molar-refractivity contribution in [3.8, 4) is 0 Å². The van der Waals surface area contributed by atoms with Crippen molar-refractivity contribution < 1.29 is 9.63 Å². The smallest absolute Gasteiger partial charge is 0.150 e. The van der Waals surface area contributed by atoms with Crippen molar-refractivity contribution in [3.05, 3.63) is 77.4 Å². The van der Waals surface area contributed by atoms with Crippen molar-refractivity contribution in [2.75, 3.05) is 0 Å². The summed E-state index contributed by atoms with van der Waals surface area (Å²) in [5, 5.41) is 0. The molecule has 1 heterocycles. The van der Waals surface area contributed by atoms with Gasteiger partial charge in [0.25, 0.3) is 0 Å². The van der Waals surface area contributed by atoms with Crippen LogP contribution in [0.5, 0.6) is 0 Å². The van der Waals surface area contributed by atoms with Crippen molar-refractivity contribution >= 4 is 12.0 Å². The van der Waals surface area contributed by atoms with Crippen molar-refractivity contribution in [1.82, 2.24) is 5.48 Å². The zero-order chi connectivity index (χ0) is 13.1. The van der Waals surface area contributed by atoms with Gasteiger partial charge in [-0.2, -0.15) is 0 Å². The first-order chi connectivity index (χ1) is 9.36. The molecule has 0 spiro atoms. The molecular weight excluding hydrogens is 238 g/mol. The lowest BCUT2D eigenvalue weighted by Crippen LogP contribution is -2.07. The van der Waals surface area contributed by atoms with E-state index in [1.165, 1.54) is 0 Å². The second kappa shape index (κ2) is 5.08. The molecule has 0 saturated carbocycles. The van der Waals surface area contributed by atoms with Crippen LogP contribution in [0.3, 0.4) is 0 Å². The Balaban J connectivity index is 1.84. The van der Waals surface area contributed by atoms with Crippen LogP contribution in [0.25, 0.3) is 5.70 Å². The third-order valence-corrected chi connectivity index (χ3v) is 3.10. The maximum absolute atomic E-state index is 10.6. The van der Waals surface area contributed by atoms with E-state index in [2.05, 4.69) is 5.48 Å². The molecule has 0 aromatic heterocycles. The predicted molar refractivity (Wildman–Crippen MR) is 73.2 cm³/mol. The average molecular weight is 251 g/mol. The Morgan fingerprint density at radius 3 is 2.42 bits per heavy atom. The van der Waals surface area contributed by atoms with Crippen molar-refractivity contribution in [1.29, 1.82) is 0 Å². The maximum Gasteiger partial charge on any atom is 0.150 e. The molecule has 3 heteroatoms. The fourth-order valence-electron chi connectivity index (χ4n) is 2.05. The van der Waals surface area contributed by atoms with Gasteiger partial charge in [-0.25, -0.2) is 0 Å². The van der Waals surface area contributed by atoms with E-state index >= 15 is 0 Å². The zero-order valence-corrected chi connectivity index (χ0v) is 10.2. The summed E-state index contributed by atoms with van der Waals surface area (Å²) in [7, 11) is 0. The highest BCUT2D eigenvalue weighted by atomic mass is 16.7. The topological polar surface area (TPSA) is 38.3 Å². The standard InChI is InChI=1S/C16H13NO2/c18-11-12-6-8-14(9-7-12)16-10-15(17-19-16)13-4-2-1-3-5-13/h1-11,16-17H. The summed E-state index contributed by atoms with van der Waals surface area (Å²) in [6.45, 7) is 0. The van der Waals surface area contributed by atoms with Gasteiger partial charge < -0.3 is 0 Å². The normalized spacial score (nSPS) is 17.7. The first kappa shape index (κ1) is 11.7. The first-order valence-corrected chi connectivity index (χ1v) is 6.11. The Bertz CT molecular complexity index is 602. The van der Waals surface area contributed by atoms with Gasteiger partial charge in [0.15, 0.2) is 0 Å². The van der Waals surface area contributed by atoms with Gasteiger partial charge in [0, 0.05) is 5.56 Å². The number of rotatable bonds is 3. The number of hydroxylamine groups is 1. The molecule has 94 valence electrons. The summed E-state index contributed by atoms with van der Waals surface area (Å²) in [4.78, 5) is 16.2. The van der Waals surface area contributed by atoms with E-state index in [1.54, 1.807) is 12.1 Å². The van der Waals surface area contributed by atoms with Crippen LogP contribution in [-0.4, -0.2) is 6.29 Å². The summed E-state index contributed by atoms with van der Waals surface area (Å²) in [5.41, 5.74) is 6.68. The number of carbonyl (C=O) groups is 1. The highest BCUT2D eigenvalue weighted by molar-refractivity contribution is 5.74. The lowest BCUT2D eigenvalue weighted by Gasteiger charge is -2.07. The number of carbonyl (C=O) groups excluding carboxylic acids is 1. The van der Waals surface area contributed by atoms with Crippen LogP contribution in [0.2, 0.25) is 0 Å². The van der Waals surface area contributed by atoms with Gasteiger partial charge in [0.05, 0.1) is 5.70 Å². The zero-order valence-electron chi connectivity index (χ0n) is 10.2. The lowest BCUT2D eigenvalue weighted by molar-refractivity contribution is 0.0511. The summed E-state index contributed by atoms with van der Waals surface area (Å²) < 4.78 is 0. The monoisotopic (exact) mass is 251 g/mol. The van der Waals surface area contributed by atoms with Crippen LogP contribution in [0.4, 0.5) is 0 Å². The second-order valence-electron chi connectivity index (χ2n) is 4.37. The molecule has 0 aliphatic carbocycles. The van der Waals surface area contributed by atoms with E-state index in [1.807, 2.05) is 48.5 Å². The van der Waals surface area contributed by atoms with Gasteiger partial charge in [0.2, 0.25) is 0 Å². The van der Waals surface area contributed by atoms with E-state index in [4.69, 9.17) is 4.84 Å². The quantitative estimate of drug-likeness (QED) is 0.852. The molecule has 1 aliphatic rings. The van der Waals surface area contributed by atoms with Crippen LogP contribution < -0.4 is 5.48 Å². The van der Waals surface area contributed by atoms with Crippen LogP contribution in [0, 0.1) is 0 Å². The predicted octanol–water partition coefficient (Wildman–Crippen LogP) is 3.12. The third-order valence-electron chi connectivity index (χ3n) is 3.10. The van der Waals surface area contributed by atoms with E-state index in [-0.39, 0.29) is 6.10 Å². The average Bonchev–Trinajstić information content (AvgIpc) is 2.98. The van der Waals surface area contributed by atoms with E-state index in [0.717, 1.165) is 23.1 Å². The van der Waals surface area contributed by atoms with E-state index in [0.29, 0.717) is 5.56 Å². The number of benzene rings is 2. The number of hydrogen-bond acceptors (Lipinski definition) is 3. The molecule has 1 atom stereocenters. The summed E-state index contributed by atoms with van der Waals surface area (Å²) >= 11 is 0. The lowest BCUT2D eigenvalue weighted by atomic mass is 10.1. The largest absolute Gasteiger partial charge is 0.298 e. The highest BCUT2D eigenvalue weighted by Gasteiger charge is 2.18. The Labute approximate surface area is 111 Å². The van der Waals surface area contributed by atoms with E-state index in [9.17, 15) is 4.79 Å². The van der Waals surface area contributed by atoms with Gasteiger partial charge in [-0.05, 0) is 17.2 Å². The van der Waals surface area contributed by atoms with Crippen LogP contribution in [0.1, 0.15) is 27.6 Å². The Hall–Kier alpha value is -2.39. The summed E-state index contributed by atoms with van der Waals surface area (Å²) in [6, 6.07) is 17.4. The van der Waals surface area contributed by atoms with Gasteiger partial charge in [0.1, 0.15) is 12.4 Å². The van der Waals surface area contributed by atoms with Crippen LogP contribution in [0.15, 0.2) is 60.7 Å². The van der Waals surface area contributed by atoms with E-state index < -0.39 is 0 Å². The van der Waals surface area contributed by atoms with Gasteiger partial charge in [-0.15, -0.1) is 0 Å². The van der Waals surface area contributed by atoms with Crippen LogP contribution in [-0.2, 0) is 4.84 Å². The molecule has 0 bridgehead atoms. The van der Waals surface area contributed by atoms with Crippen molar-refractivity contribution in [2.24, 2.45) is 0 Å². The number of nitrogens with one attached hydrogen (secondary N) is 1. The molecule has 0 amide bonds. The second-order valence-corrected chi connectivity index (χ2v) is 4.37. The molecule has 0 fully saturated rings. The molecule has 1 unspecified atom stereocenters. The molecule has 1 aliphatic heterocycles. The van der Waals surface area contributed by atoms with Gasteiger partial charge in [-0.1, -0.05) is 54.6 Å². The molecule has 3 rings (SSSR count). The van der Waals surface area contributed by atoms with Crippen molar-refractivity contribution in [3.63, 3.8) is 0 Å². The minimum atomic E-state index is -0.129. The van der Waals surface area contributed by atoms with Gasteiger partial charge in [-0.3, -0.25) is 15.1 Å².